The minimum atomic E-state index is -0.279. The zero-order valence-electron chi connectivity index (χ0n) is 9.88. The van der Waals surface area contributed by atoms with Crippen LogP contribution in [0.1, 0.15) is 36.7 Å². The average Bonchev–Trinajstić information content (AvgIpc) is 2.98. The molecule has 1 saturated heterocycles. The first-order chi connectivity index (χ1) is 7.39. The summed E-state index contributed by atoms with van der Waals surface area (Å²) in [6.45, 7) is 7.47. The number of nitrogens with zero attached hydrogens (tertiary/aromatic N) is 1. The Morgan fingerprint density at radius 1 is 1.31 bits per heavy atom. The zero-order valence-corrected chi connectivity index (χ0v) is 9.88. The van der Waals surface area contributed by atoms with Crippen LogP contribution in [-0.2, 0) is 5.41 Å². The SMILES string of the molecule is CC(C)(C)c1cc(C(=O)N2CC2)ccc1F. The van der Waals surface area contributed by atoms with E-state index < -0.39 is 0 Å². The lowest BCUT2D eigenvalue weighted by atomic mass is 9.85. The van der Waals surface area contributed by atoms with E-state index >= 15 is 0 Å². The van der Waals surface area contributed by atoms with Crippen molar-refractivity contribution in [3.05, 3.63) is 35.1 Å². The number of amides is 1. The fraction of sp³-hybridized carbons (Fsp3) is 0.462. The molecule has 0 N–H and O–H groups in total. The zero-order chi connectivity index (χ0) is 11.9. The highest BCUT2D eigenvalue weighted by Crippen LogP contribution is 2.26. The van der Waals surface area contributed by atoms with E-state index in [1.54, 1.807) is 17.0 Å². The molecule has 2 rings (SSSR count). The summed E-state index contributed by atoms with van der Waals surface area (Å²) in [7, 11) is 0. The van der Waals surface area contributed by atoms with Gasteiger partial charge in [0.1, 0.15) is 5.82 Å². The molecule has 0 aliphatic carbocycles. The maximum Gasteiger partial charge on any atom is 0.253 e. The molecule has 3 heteroatoms. The molecular weight excluding hydrogens is 205 g/mol. The van der Waals surface area contributed by atoms with Gasteiger partial charge in [-0.25, -0.2) is 4.39 Å². The largest absolute Gasteiger partial charge is 0.335 e. The summed E-state index contributed by atoms with van der Waals surface area (Å²) in [5.41, 5.74) is 0.906. The third-order valence-corrected chi connectivity index (χ3v) is 2.76. The first-order valence-electron chi connectivity index (χ1n) is 5.49. The van der Waals surface area contributed by atoms with Crippen LogP contribution in [0.25, 0.3) is 0 Å². The lowest BCUT2D eigenvalue weighted by molar-refractivity contribution is 0.0885. The van der Waals surface area contributed by atoms with Crippen LogP contribution in [-0.4, -0.2) is 23.9 Å². The number of carbonyl (C=O) groups is 1. The van der Waals surface area contributed by atoms with Crippen molar-refractivity contribution in [3.8, 4) is 0 Å². The third-order valence-electron chi connectivity index (χ3n) is 2.76. The molecule has 1 aliphatic heterocycles. The van der Waals surface area contributed by atoms with Gasteiger partial charge in [-0.05, 0) is 29.2 Å². The Hall–Kier alpha value is -1.38. The van der Waals surface area contributed by atoms with E-state index in [0.29, 0.717) is 11.1 Å². The fourth-order valence-corrected chi connectivity index (χ4v) is 1.67. The maximum absolute atomic E-state index is 13.6. The Bertz CT molecular complexity index is 430. The standard InChI is InChI=1S/C13H16FNO/c1-13(2,3)10-8-9(4-5-11(10)14)12(16)15-6-7-15/h4-5,8H,6-7H2,1-3H3. The second kappa shape index (κ2) is 3.58. The van der Waals surface area contributed by atoms with Crippen molar-refractivity contribution in [1.29, 1.82) is 0 Å². The highest BCUT2D eigenvalue weighted by atomic mass is 19.1. The molecule has 0 unspecified atom stereocenters. The van der Waals surface area contributed by atoms with Crippen LogP contribution in [0, 0.1) is 5.82 Å². The summed E-state index contributed by atoms with van der Waals surface area (Å²) in [5.74, 6) is -0.236. The van der Waals surface area contributed by atoms with E-state index in [-0.39, 0.29) is 17.1 Å². The summed E-state index contributed by atoms with van der Waals surface area (Å²) in [6.07, 6.45) is 0. The molecule has 86 valence electrons. The number of hydrogen-bond acceptors (Lipinski definition) is 1. The molecule has 2 nitrogen and oxygen atoms in total. The van der Waals surface area contributed by atoms with E-state index in [1.165, 1.54) is 6.07 Å². The summed E-state index contributed by atoms with van der Waals surface area (Å²) >= 11 is 0. The van der Waals surface area contributed by atoms with Crippen LogP contribution in [0.4, 0.5) is 4.39 Å². The van der Waals surface area contributed by atoms with Crippen molar-refractivity contribution in [3.63, 3.8) is 0 Å². The van der Waals surface area contributed by atoms with Crippen molar-refractivity contribution in [1.82, 2.24) is 4.90 Å². The fourth-order valence-electron chi connectivity index (χ4n) is 1.67. The maximum atomic E-state index is 13.6. The molecule has 1 amide bonds. The normalized spacial score (nSPS) is 15.1. The van der Waals surface area contributed by atoms with Crippen LogP contribution in [0.15, 0.2) is 18.2 Å². The number of rotatable bonds is 1. The van der Waals surface area contributed by atoms with Gasteiger partial charge in [0.05, 0.1) is 0 Å². The molecular formula is C13H16FNO. The summed E-state index contributed by atoms with van der Waals surface area (Å²) in [4.78, 5) is 13.5. The highest BCUT2D eigenvalue weighted by molar-refractivity contribution is 5.95. The van der Waals surface area contributed by atoms with Crippen LogP contribution in [0.5, 0.6) is 0 Å². The van der Waals surface area contributed by atoms with E-state index in [2.05, 4.69) is 0 Å². The summed E-state index contributed by atoms with van der Waals surface area (Å²) < 4.78 is 13.6. The van der Waals surface area contributed by atoms with Crippen molar-refractivity contribution in [2.75, 3.05) is 13.1 Å². The molecule has 1 heterocycles. The van der Waals surface area contributed by atoms with Crippen molar-refractivity contribution in [2.24, 2.45) is 0 Å². The van der Waals surface area contributed by atoms with Gasteiger partial charge >= 0.3 is 0 Å². The first kappa shape index (κ1) is 11.1. The third kappa shape index (κ3) is 2.08. The van der Waals surface area contributed by atoms with Crippen molar-refractivity contribution in [2.45, 2.75) is 26.2 Å². The first-order valence-corrected chi connectivity index (χ1v) is 5.49. The lowest BCUT2D eigenvalue weighted by Crippen LogP contribution is -2.17. The van der Waals surface area contributed by atoms with Crippen LogP contribution in [0.3, 0.4) is 0 Å². The molecule has 0 atom stereocenters. The second-order valence-electron chi connectivity index (χ2n) is 5.24. The smallest absolute Gasteiger partial charge is 0.253 e. The van der Waals surface area contributed by atoms with Crippen molar-refractivity contribution >= 4 is 5.91 Å². The molecule has 0 aromatic heterocycles. The van der Waals surface area contributed by atoms with Crippen LogP contribution < -0.4 is 0 Å². The highest BCUT2D eigenvalue weighted by Gasteiger charge is 2.27. The van der Waals surface area contributed by atoms with Gasteiger partial charge < -0.3 is 4.90 Å². The second-order valence-corrected chi connectivity index (χ2v) is 5.24. The van der Waals surface area contributed by atoms with Gasteiger partial charge in [0.15, 0.2) is 0 Å². The number of benzene rings is 1. The molecule has 0 saturated carbocycles. The van der Waals surface area contributed by atoms with E-state index in [4.69, 9.17) is 0 Å². The quantitative estimate of drug-likeness (QED) is 0.667. The summed E-state index contributed by atoms with van der Waals surface area (Å²) in [6, 6.07) is 4.62. The molecule has 0 spiro atoms. The average molecular weight is 221 g/mol. The predicted octanol–water partition coefficient (Wildman–Crippen LogP) is 2.58. The van der Waals surface area contributed by atoms with E-state index in [0.717, 1.165) is 13.1 Å². The Morgan fingerprint density at radius 3 is 2.44 bits per heavy atom. The Morgan fingerprint density at radius 2 is 1.94 bits per heavy atom. The minimum Gasteiger partial charge on any atom is -0.335 e. The van der Waals surface area contributed by atoms with Crippen LogP contribution >= 0.6 is 0 Å². The Labute approximate surface area is 95.1 Å². The molecule has 0 bridgehead atoms. The number of carbonyl (C=O) groups excluding carboxylic acids is 1. The molecule has 1 aliphatic rings. The Balaban J connectivity index is 2.38. The summed E-state index contributed by atoms with van der Waals surface area (Å²) in [5, 5.41) is 0. The lowest BCUT2D eigenvalue weighted by Gasteiger charge is -2.20. The molecule has 1 aromatic rings. The predicted molar refractivity (Wildman–Crippen MR) is 61.0 cm³/mol. The molecule has 0 radical (unpaired) electrons. The van der Waals surface area contributed by atoms with Crippen molar-refractivity contribution < 1.29 is 9.18 Å². The molecule has 1 aromatic carbocycles. The van der Waals surface area contributed by atoms with Gasteiger partial charge in [0.2, 0.25) is 0 Å². The topological polar surface area (TPSA) is 20.1 Å². The van der Waals surface area contributed by atoms with Gasteiger partial charge in [0, 0.05) is 18.7 Å². The van der Waals surface area contributed by atoms with Gasteiger partial charge in [-0.2, -0.15) is 0 Å². The van der Waals surface area contributed by atoms with Crippen LogP contribution in [0.2, 0.25) is 0 Å². The monoisotopic (exact) mass is 221 g/mol. The van der Waals surface area contributed by atoms with E-state index in [9.17, 15) is 9.18 Å². The van der Waals surface area contributed by atoms with Gasteiger partial charge in [-0.1, -0.05) is 20.8 Å². The molecule has 1 fully saturated rings. The Kier molecular flexibility index (Phi) is 2.49. The van der Waals surface area contributed by atoms with Gasteiger partial charge in [-0.15, -0.1) is 0 Å². The molecule has 16 heavy (non-hydrogen) atoms. The van der Waals surface area contributed by atoms with Gasteiger partial charge in [0.25, 0.3) is 5.91 Å². The number of halogens is 1. The van der Waals surface area contributed by atoms with Gasteiger partial charge in [-0.3, -0.25) is 4.79 Å². The minimum absolute atomic E-state index is 0.00509. The van der Waals surface area contributed by atoms with E-state index in [1.807, 2.05) is 20.8 Å². The number of hydrogen-bond donors (Lipinski definition) is 0.